The zero-order chi connectivity index (χ0) is 14.8. The molecule has 0 amide bonds. The number of fused-ring (bicyclic) bond motifs is 1. The summed E-state index contributed by atoms with van der Waals surface area (Å²) in [5, 5.41) is 2.70. The third-order valence-corrected chi connectivity index (χ3v) is 4.02. The molecule has 0 radical (unpaired) electrons. The van der Waals surface area contributed by atoms with Crippen molar-refractivity contribution in [3.63, 3.8) is 0 Å². The second-order valence-electron chi connectivity index (χ2n) is 4.30. The predicted molar refractivity (Wildman–Crippen MR) is 80.6 cm³/mol. The molecular weight excluding hydrogens is 290 g/mol. The number of ether oxygens (including phenoxy) is 1. The molecule has 0 unspecified atom stereocenters. The number of anilines is 1. The Morgan fingerprint density at radius 2 is 2.29 bits per heavy atom. The molecule has 0 saturated heterocycles. The first-order valence-electron chi connectivity index (χ1n) is 6.16. The standard InChI is InChI=1S/C13H13N5O2S/c1-20-9-2-3-10(14)11(5-9)21-6-8-4-12(19)18-13(17-8)15-7-16-18/h2-5,7H,6,14H2,1H3,(H,15,16,17). The van der Waals surface area contributed by atoms with Crippen molar-refractivity contribution in [3.8, 4) is 5.75 Å². The van der Waals surface area contributed by atoms with Crippen molar-refractivity contribution in [2.45, 2.75) is 10.6 Å². The molecule has 2 heterocycles. The molecule has 0 aliphatic rings. The molecule has 0 saturated carbocycles. The lowest BCUT2D eigenvalue weighted by Gasteiger charge is -2.07. The van der Waals surface area contributed by atoms with E-state index < -0.39 is 0 Å². The fourth-order valence-corrected chi connectivity index (χ4v) is 2.75. The van der Waals surface area contributed by atoms with Gasteiger partial charge in [-0.15, -0.1) is 11.8 Å². The van der Waals surface area contributed by atoms with Crippen molar-refractivity contribution in [1.82, 2.24) is 19.6 Å². The number of H-pyrrole nitrogens is 1. The lowest BCUT2D eigenvalue weighted by atomic mass is 10.3. The van der Waals surface area contributed by atoms with Gasteiger partial charge >= 0.3 is 0 Å². The van der Waals surface area contributed by atoms with Gasteiger partial charge in [-0.05, 0) is 18.2 Å². The van der Waals surface area contributed by atoms with E-state index in [0.29, 0.717) is 22.9 Å². The van der Waals surface area contributed by atoms with Crippen LogP contribution in [0.4, 0.5) is 5.69 Å². The van der Waals surface area contributed by atoms with Gasteiger partial charge in [0.05, 0.1) is 12.8 Å². The summed E-state index contributed by atoms with van der Waals surface area (Å²) in [6.45, 7) is 0. The van der Waals surface area contributed by atoms with Crippen molar-refractivity contribution in [2.75, 3.05) is 12.8 Å². The molecule has 3 N–H and O–H groups in total. The van der Waals surface area contributed by atoms with Crippen molar-refractivity contribution >= 4 is 23.2 Å². The van der Waals surface area contributed by atoms with Crippen LogP contribution in [0.5, 0.6) is 5.75 Å². The van der Waals surface area contributed by atoms with Crippen molar-refractivity contribution < 1.29 is 4.74 Å². The highest BCUT2D eigenvalue weighted by atomic mass is 32.2. The highest BCUT2D eigenvalue weighted by Crippen LogP contribution is 2.30. The Morgan fingerprint density at radius 1 is 1.43 bits per heavy atom. The van der Waals surface area contributed by atoms with Gasteiger partial charge in [-0.1, -0.05) is 0 Å². The van der Waals surface area contributed by atoms with E-state index in [1.165, 1.54) is 28.7 Å². The topological polar surface area (TPSA) is 98.3 Å². The molecule has 0 aliphatic heterocycles. The summed E-state index contributed by atoms with van der Waals surface area (Å²) in [6, 6.07) is 6.94. The Bertz CT molecular complexity index is 842. The molecule has 3 rings (SSSR count). The first kappa shape index (κ1) is 13.5. The lowest BCUT2D eigenvalue weighted by molar-refractivity contribution is 0.414. The maximum Gasteiger partial charge on any atom is 0.274 e. The van der Waals surface area contributed by atoms with Crippen LogP contribution in [0.2, 0.25) is 0 Å². The van der Waals surface area contributed by atoms with E-state index in [2.05, 4.69) is 15.1 Å². The molecular formula is C13H13N5O2S. The number of rotatable bonds is 4. The maximum absolute atomic E-state index is 11.8. The normalized spacial score (nSPS) is 10.9. The van der Waals surface area contributed by atoms with Crippen LogP contribution >= 0.6 is 11.8 Å². The Morgan fingerprint density at radius 3 is 3.10 bits per heavy atom. The van der Waals surface area contributed by atoms with E-state index in [4.69, 9.17) is 10.5 Å². The molecule has 3 aromatic rings. The minimum Gasteiger partial charge on any atom is -0.497 e. The van der Waals surface area contributed by atoms with Crippen molar-refractivity contribution in [3.05, 3.63) is 46.6 Å². The van der Waals surface area contributed by atoms with Crippen molar-refractivity contribution in [1.29, 1.82) is 0 Å². The first-order chi connectivity index (χ1) is 10.2. The number of aromatic nitrogens is 4. The van der Waals surface area contributed by atoms with Crippen molar-refractivity contribution in [2.24, 2.45) is 0 Å². The molecule has 8 heteroatoms. The summed E-state index contributed by atoms with van der Waals surface area (Å²) < 4.78 is 6.46. The average Bonchev–Trinajstić information content (AvgIpc) is 2.95. The summed E-state index contributed by atoms with van der Waals surface area (Å²) in [4.78, 5) is 21.0. The van der Waals surface area contributed by atoms with Gasteiger partial charge in [0.25, 0.3) is 11.3 Å². The SMILES string of the molecule is COc1ccc(N)c(SCc2cc(=O)n3[nH]cnc3n2)c1. The van der Waals surface area contributed by atoms with Gasteiger partial charge in [0, 0.05) is 22.4 Å². The molecule has 108 valence electrons. The Hall–Kier alpha value is -2.48. The van der Waals surface area contributed by atoms with E-state index in [0.717, 1.165) is 10.6 Å². The number of thioether (sulfide) groups is 1. The molecule has 0 bridgehead atoms. The number of methoxy groups -OCH3 is 1. The maximum atomic E-state index is 11.8. The minimum atomic E-state index is -0.188. The summed E-state index contributed by atoms with van der Waals surface area (Å²) in [7, 11) is 1.61. The molecule has 0 atom stereocenters. The number of nitrogens with two attached hydrogens (primary N) is 1. The Kier molecular flexibility index (Phi) is 3.53. The number of aromatic amines is 1. The predicted octanol–water partition coefficient (Wildman–Crippen LogP) is 1.30. The first-order valence-corrected chi connectivity index (χ1v) is 7.14. The van der Waals surface area contributed by atoms with Crippen LogP contribution in [0.3, 0.4) is 0 Å². The second kappa shape index (κ2) is 5.49. The Balaban J connectivity index is 1.84. The molecule has 0 aliphatic carbocycles. The fraction of sp³-hybridized carbons (Fsp3) is 0.154. The van der Waals surface area contributed by atoms with Crippen LogP contribution in [-0.4, -0.2) is 26.7 Å². The largest absolute Gasteiger partial charge is 0.497 e. The zero-order valence-electron chi connectivity index (χ0n) is 11.2. The molecule has 0 fully saturated rings. The summed E-state index contributed by atoms with van der Waals surface area (Å²) >= 11 is 1.50. The monoisotopic (exact) mass is 303 g/mol. The number of nitrogen functional groups attached to an aromatic ring is 1. The van der Waals surface area contributed by atoms with Gasteiger partial charge in [-0.2, -0.15) is 4.52 Å². The smallest absolute Gasteiger partial charge is 0.274 e. The summed E-state index contributed by atoms with van der Waals surface area (Å²) in [6.07, 6.45) is 1.43. The van der Waals surface area contributed by atoms with Crippen LogP contribution in [0.15, 0.2) is 40.3 Å². The average molecular weight is 303 g/mol. The number of hydrogen-bond donors (Lipinski definition) is 2. The van der Waals surface area contributed by atoms with Gasteiger partial charge in [0.1, 0.15) is 12.1 Å². The number of hydrogen-bond acceptors (Lipinski definition) is 6. The van der Waals surface area contributed by atoms with Crippen LogP contribution in [-0.2, 0) is 5.75 Å². The molecule has 7 nitrogen and oxygen atoms in total. The number of benzene rings is 1. The summed E-state index contributed by atoms with van der Waals surface area (Å²) in [5.74, 6) is 1.62. The van der Waals surface area contributed by atoms with E-state index in [1.807, 2.05) is 6.07 Å². The van der Waals surface area contributed by atoms with E-state index in [9.17, 15) is 4.79 Å². The van der Waals surface area contributed by atoms with E-state index >= 15 is 0 Å². The van der Waals surface area contributed by atoms with Gasteiger partial charge in [-0.25, -0.2) is 9.97 Å². The molecule has 1 aromatic carbocycles. The van der Waals surface area contributed by atoms with Crippen LogP contribution < -0.4 is 16.0 Å². The molecule has 2 aromatic heterocycles. The highest BCUT2D eigenvalue weighted by molar-refractivity contribution is 7.98. The number of nitrogens with zero attached hydrogens (tertiary/aromatic N) is 3. The quantitative estimate of drug-likeness (QED) is 0.557. The van der Waals surface area contributed by atoms with E-state index in [-0.39, 0.29) is 5.56 Å². The van der Waals surface area contributed by atoms with Gasteiger partial charge in [-0.3, -0.25) is 9.89 Å². The van der Waals surface area contributed by atoms with Crippen LogP contribution in [0, 0.1) is 0 Å². The van der Waals surface area contributed by atoms with E-state index in [1.54, 1.807) is 19.2 Å². The lowest BCUT2D eigenvalue weighted by Crippen LogP contribution is -2.15. The molecule has 21 heavy (non-hydrogen) atoms. The van der Waals surface area contributed by atoms with Gasteiger partial charge in [0.2, 0.25) is 0 Å². The van der Waals surface area contributed by atoms with Crippen LogP contribution in [0.25, 0.3) is 5.78 Å². The third kappa shape index (κ3) is 2.70. The summed E-state index contributed by atoms with van der Waals surface area (Å²) in [5.41, 5.74) is 7.06. The zero-order valence-corrected chi connectivity index (χ0v) is 12.1. The Labute approximate surface area is 124 Å². The highest BCUT2D eigenvalue weighted by Gasteiger charge is 2.07. The van der Waals surface area contributed by atoms with Gasteiger partial charge in [0.15, 0.2) is 0 Å². The second-order valence-corrected chi connectivity index (χ2v) is 5.32. The molecule has 0 spiro atoms. The van der Waals surface area contributed by atoms with Crippen LogP contribution in [0.1, 0.15) is 5.69 Å². The minimum absolute atomic E-state index is 0.188. The van der Waals surface area contributed by atoms with Gasteiger partial charge < -0.3 is 10.5 Å². The fourth-order valence-electron chi connectivity index (χ4n) is 1.86. The number of nitrogens with one attached hydrogen (secondary N) is 1. The third-order valence-electron chi connectivity index (χ3n) is 2.92.